The molecule has 0 aromatic heterocycles. The number of hydrogen-bond acceptors (Lipinski definition) is 2. The average Bonchev–Trinajstić information content (AvgIpc) is 3.25. The van der Waals surface area contributed by atoms with Crippen LogP contribution in [-0.4, -0.2) is 6.04 Å². The van der Waals surface area contributed by atoms with Gasteiger partial charge < -0.3 is 5.32 Å². The van der Waals surface area contributed by atoms with Crippen LogP contribution < -0.4 is 5.32 Å². The Balaban J connectivity index is 1.80. The lowest BCUT2D eigenvalue weighted by molar-refractivity contribution is 0.680. The van der Waals surface area contributed by atoms with Crippen LogP contribution in [0.3, 0.4) is 0 Å². The lowest BCUT2D eigenvalue weighted by Crippen LogP contribution is -2.16. The Morgan fingerprint density at radius 3 is 2.50 bits per heavy atom. The smallest absolute Gasteiger partial charge is 0.0462 e. The Labute approximate surface area is 133 Å². The molecule has 2 aromatic carbocycles. The summed E-state index contributed by atoms with van der Waals surface area (Å²) in [7, 11) is 0. The van der Waals surface area contributed by atoms with Crippen LogP contribution in [0.2, 0.25) is 10.0 Å². The van der Waals surface area contributed by atoms with Crippen LogP contribution >= 0.6 is 35.0 Å². The summed E-state index contributed by atoms with van der Waals surface area (Å²) in [6.07, 6.45) is 2.56. The van der Waals surface area contributed by atoms with Crippen LogP contribution in [0.4, 0.5) is 0 Å². The molecule has 0 heterocycles. The predicted octanol–water partition coefficient (Wildman–Crippen LogP) is 5.40. The minimum Gasteiger partial charge on any atom is -0.310 e. The summed E-state index contributed by atoms with van der Waals surface area (Å²) in [5.74, 6) is 0. The van der Waals surface area contributed by atoms with E-state index in [2.05, 4.69) is 11.4 Å². The molecule has 1 aliphatic carbocycles. The molecule has 1 N–H and O–H groups in total. The lowest BCUT2D eigenvalue weighted by Gasteiger charge is -2.12. The predicted molar refractivity (Wildman–Crippen MR) is 86.9 cm³/mol. The van der Waals surface area contributed by atoms with Crippen molar-refractivity contribution in [1.82, 2.24) is 5.32 Å². The fourth-order valence-corrected chi connectivity index (χ4v) is 3.37. The van der Waals surface area contributed by atoms with Crippen molar-refractivity contribution in [3.8, 4) is 0 Å². The zero-order valence-corrected chi connectivity index (χ0v) is 13.2. The highest BCUT2D eigenvalue weighted by Crippen LogP contribution is 2.34. The second-order valence-electron chi connectivity index (χ2n) is 4.93. The van der Waals surface area contributed by atoms with Crippen molar-refractivity contribution >= 4 is 35.0 Å². The Bertz CT molecular complexity index is 594. The van der Waals surface area contributed by atoms with Crippen molar-refractivity contribution in [2.24, 2.45) is 0 Å². The van der Waals surface area contributed by atoms with E-state index in [4.69, 9.17) is 23.2 Å². The molecule has 0 aliphatic heterocycles. The van der Waals surface area contributed by atoms with E-state index in [0.29, 0.717) is 6.04 Å². The molecule has 0 amide bonds. The van der Waals surface area contributed by atoms with Gasteiger partial charge in [0.2, 0.25) is 0 Å². The topological polar surface area (TPSA) is 12.0 Å². The van der Waals surface area contributed by atoms with Gasteiger partial charge in [-0.25, -0.2) is 0 Å². The standard InChI is InChI=1S/C16H15Cl2NS/c17-11-4-8-13(9-5-11)20-16-3-1-2-15(18)14(16)10-19-12-6-7-12/h1-5,8-9,12,19H,6-7,10H2. The molecular formula is C16H15Cl2NS. The van der Waals surface area contributed by atoms with Crippen molar-refractivity contribution in [2.75, 3.05) is 0 Å². The van der Waals surface area contributed by atoms with E-state index in [1.54, 1.807) is 11.8 Å². The fourth-order valence-electron chi connectivity index (χ4n) is 1.97. The van der Waals surface area contributed by atoms with E-state index >= 15 is 0 Å². The van der Waals surface area contributed by atoms with E-state index in [-0.39, 0.29) is 0 Å². The highest BCUT2D eigenvalue weighted by Gasteiger charge is 2.21. The maximum atomic E-state index is 6.35. The second-order valence-corrected chi connectivity index (χ2v) is 6.89. The zero-order chi connectivity index (χ0) is 13.9. The third-order valence-electron chi connectivity index (χ3n) is 3.26. The summed E-state index contributed by atoms with van der Waals surface area (Å²) >= 11 is 14.0. The van der Waals surface area contributed by atoms with Crippen LogP contribution in [0.1, 0.15) is 18.4 Å². The monoisotopic (exact) mass is 323 g/mol. The van der Waals surface area contributed by atoms with Gasteiger partial charge in [0.25, 0.3) is 0 Å². The van der Waals surface area contributed by atoms with Gasteiger partial charge in [-0.1, -0.05) is 41.0 Å². The van der Waals surface area contributed by atoms with Crippen LogP contribution in [0.15, 0.2) is 52.3 Å². The van der Waals surface area contributed by atoms with Gasteiger partial charge in [0, 0.05) is 32.4 Å². The maximum absolute atomic E-state index is 6.35. The summed E-state index contributed by atoms with van der Waals surface area (Å²) in [5.41, 5.74) is 1.18. The maximum Gasteiger partial charge on any atom is 0.0462 e. The first kappa shape index (κ1) is 14.3. The van der Waals surface area contributed by atoms with Gasteiger partial charge in [-0.2, -0.15) is 0 Å². The summed E-state index contributed by atoms with van der Waals surface area (Å²) < 4.78 is 0. The lowest BCUT2D eigenvalue weighted by atomic mass is 10.2. The fraction of sp³-hybridized carbons (Fsp3) is 0.250. The highest BCUT2D eigenvalue weighted by molar-refractivity contribution is 7.99. The SMILES string of the molecule is Clc1ccc(Sc2cccc(Cl)c2CNC2CC2)cc1. The molecule has 20 heavy (non-hydrogen) atoms. The van der Waals surface area contributed by atoms with E-state index in [9.17, 15) is 0 Å². The number of nitrogens with one attached hydrogen (secondary N) is 1. The molecule has 0 radical (unpaired) electrons. The minimum atomic E-state index is 0.680. The largest absolute Gasteiger partial charge is 0.310 e. The van der Waals surface area contributed by atoms with Crippen LogP contribution in [0.5, 0.6) is 0 Å². The Kier molecular flexibility index (Phi) is 4.57. The van der Waals surface area contributed by atoms with Crippen LogP contribution in [0, 0.1) is 0 Å². The zero-order valence-electron chi connectivity index (χ0n) is 10.9. The molecule has 0 atom stereocenters. The summed E-state index contributed by atoms with van der Waals surface area (Å²) in [6.45, 7) is 0.834. The number of halogens is 2. The van der Waals surface area contributed by atoms with Gasteiger partial charge in [-0.3, -0.25) is 0 Å². The van der Waals surface area contributed by atoms with Crippen LogP contribution in [0.25, 0.3) is 0 Å². The molecule has 0 spiro atoms. The molecule has 3 rings (SSSR count). The van der Waals surface area contributed by atoms with E-state index in [1.165, 1.54) is 28.2 Å². The van der Waals surface area contributed by atoms with Crippen LogP contribution in [-0.2, 0) is 6.54 Å². The van der Waals surface area contributed by atoms with E-state index < -0.39 is 0 Å². The molecule has 0 saturated heterocycles. The quantitative estimate of drug-likeness (QED) is 0.790. The summed E-state index contributed by atoms with van der Waals surface area (Å²) in [4.78, 5) is 2.37. The number of rotatable bonds is 5. The summed E-state index contributed by atoms with van der Waals surface area (Å²) in [5, 5.41) is 5.12. The van der Waals surface area contributed by atoms with Gasteiger partial charge >= 0.3 is 0 Å². The normalized spacial score (nSPS) is 14.5. The molecule has 1 aliphatic rings. The molecule has 2 aromatic rings. The van der Waals surface area contributed by atoms with Crippen molar-refractivity contribution in [3.63, 3.8) is 0 Å². The van der Waals surface area contributed by atoms with Gasteiger partial charge in [-0.15, -0.1) is 0 Å². The van der Waals surface area contributed by atoms with Crippen molar-refractivity contribution in [3.05, 3.63) is 58.1 Å². The number of benzene rings is 2. The third kappa shape index (κ3) is 3.70. The molecule has 0 bridgehead atoms. The van der Waals surface area contributed by atoms with Crippen molar-refractivity contribution in [2.45, 2.75) is 35.2 Å². The van der Waals surface area contributed by atoms with Gasteiger partial charge in [0.15, 0.2) is 0 Å². The first-order valence-electron chi connectivity index (χ1n) is 6.66. The molecular weight excluding hydrogens is 309 g/mol. The first-order chi connectivity index (χ1) is 9.72. The van der Waals surface area contributed by atoms with Gasteiger partial charge in [0.1, 0.15) is 0 Å². The van der Waals surface area contributed by atoms with E-state index in [1.807, 2.05) is 36.4 Å². The summed E-state index contributed by atoms with van der Waals surface area (Å²) in [6, 6.07) is 14.7. The van der Waals surface area contributed by atoms with Gasteiger partial charge in [-0.05, 0) is 54.8 Å². The third-order valence-corrected chi connectivity index (χ3v) is 4.98. The second kappa shape index (κ2) is 6.40. The Hall–Kier alpha value is -0.670. The molecule has 1 saturated carbocycles. The molecule has 104 valence electrons. The molecule has 4 heteroatoms. The van der Waals surface area contributed by atoms with E-state index in [0.717, 1.165) is 16.6 Å². The number of hydrogen-bond donors (Lipinski definition) is 1. The van der Waals surface area contributed by atoms with Crippen molar-refractivity contribution in [1.29, 1.82) is 0 Å². The molecule has 1 nitrogen and oxygen atoms in total. The van der Waals surface area contributed by atoms with Crippen molar-refractivity contribution < 1.29 is 0 Å². The average molecular weight is 324 g/mol. The minimum absolute atomic E-state index is 0.680. The van der Waals surface area contributed by atoms with Gasteiger partial charge in [0.05, 0.1) is 0 Å². The first-order valence-corrected chi connectivity index (χ1v) is 8.24. The Morgan fingerprint density at radius 2 is 1.80 bits per heavy atom. The highest BCUT2D eigenvalue weighted by atomic mass is 35.5. The molecule has 1 fully saturated rings. The molecule has 0 unspecified atom stereocenters. The Morgan fingerprint density at radius 1 is 1.05 bits per heavy atom.